The van der Waals surface area contributed by atoms with Crippen molar-refractivity contribution in [1.82, 2.24) is 4.90 Å². The van der Waals surface area contributed by atoms with Crippen LogP contribution in [0, 0.1) is 11.8 Å². The molecule has 0 amide bonds. The van der Waals surface area contributed by atoms with Crippen LogP contribution in [0.3, 0.4) is 0 Å². The molecule has 3 fully saturated rings. The fourth-order valence-corrected chi connectivity index (χ4v) is 9.78. The molecular formula is C45H68N2O11. The topological polar surface area (TPSA) is 136 Å². The number of hydrogen-bond acceptors (Lipinski definition) is 12. The number of rotatable bonds is 9. The summed E-state index contributed by atoms with van der Waals surface area (Å²) in [5.41, 5.74) is 0.170. The van der Waals surface area contributed by atoms with Gasteiger partial charge in [-0.3, -0.25) is 4.79 Å². The summed E-state index contributed by atoms with van der Waals surface area (Å²) in [7, 11) is 5.25. The van der Waals surface area contributed by atoms with E-state index in [9.17, 15) is 9.90 Å². The number of amidine groups is 1. The predicted molar refractivity (Wildman–Crippen MR) is 218 cm³/mol. The Morgan fingerprint density at radius 3 is 2.31 bits per heavy atom. The van der Waals surface area contributed by atoms with Crippen molar-refractivity contribution in [1.29, 1.82) is 0 Å². The van der Waals surface area contributed by atoms with Gasteiger partial charge in [0.2, 0.25) is 0 Å². The molecular weight excluding hydrogens is 744 g/mol. The van der Waals surface area contributed by atoms with Gasteiger partial charge in [0.1, 0.15) is 18.0 Å². The average Bonchev–Trinajstić information content (AvgIpc) is 3.69. The number of cyclic esters (lactones) is 1. The molecule has 3 saturated heterocycles. The Morgan fingerprint density at radius 1 is 0.966 bits per heavy atom. The predicted octanol–water partition coefficient (Wildman–Crippen LogP) is 6.46. The number of allylic oxidation sites excluding steroid dienone is 1. The molecule has 5 heterocycles. The Bertz CT molecular complexity index is 1700. The molecule has 5 aliphatic heterocycles. The van der Waals surface area contributed by atoms with Crippen LogP contribution in [0.2, 0.25) is 0 Å². The van der Waals surface area contributed by atoms with Gasteiger partial charge in [0.05, 0.1) is 54.1 Å². The molecule has 0 aromatic heterocycles. The van der Waals surface area contributed by atoms with Crippen molar-refractivity contribution < 1.29 is 52.5 Å². The Balaban J connectivity index is 1.41. The second-order valence-electron chi connectivity index (χ2n) is 17.9. The second-order valence-corrected chi connectivity index (χ2v) is 17.9. The fraction of sp³-hybridized carbons (Fsp3) is 0.733. The molecule has 2 bridgehead atoms. The number of aliphatic imine (C=N–C) groups is 1. The highest BCUT2D eigenvalue weighted by Gasteiger charge is 2.55. The minimum atomic E-state index is -1.01. The molecule has 1 N–H and O–H groups in total. The summed E-state index contributed by atoms with van der Waals surface area (Å²) >= 11 is 0. The van der Waals surface area contributed by atoms with E-state index < -0.39 is 83.8 Å². The van der Waals surface area contributed by atoms with Gasteiger partial charge < -0.3 is 52.6 Å². The summed E-state index contributed by atoms with van der Waals surface area (Å²) in [6.45, 7) is 20.0. The van der Waals surface area contributed by atoms with Crippen molar-refractivity contribution in [3.8, 4) is 0 Å². The second kappa shape index (κ2) is 17.5. The van der Waals surface area contributed by atoms with Gasteiger partial charge in [-0.2, -0.15) is 0 Å². The van der Waals surface area contributed by atoms with Crippen LogP contribution in [0.4, 0.5) is 0 Å². The van der Waals surface area contributed by atoms with Gasteiger partial charge >= 0.3 is 5.97 Å². The Kier molecular flexibility index (Phi) is 13.4. The number of aliphatic hydroxyl groups is 1. The zero-order valence-electron chi connectivity index (χ0n) is 36.9. The van der Waals surface area contributed by atoms with Gasteiger partial charge in [-0.1, -0.05) is 44.2 Å². The number of benzene rings is 1. The van der Waals surface area contributed by atoms with Crippen LogP contribution in [0.25, 0.3) is 0 Å². The first-order chi connectivity index (χ1) is 27.4. The van der Waals surface area contributed by atoms with E-state index >= 15 is 0 Å². The molecule has 0 saturated carbocycles. The highest BCUT2D eigenvalue weighted by atomic mass is 16.7. The number of esters is 1. The molecule has 0 spiro atoms. The van der Waals surface area contributed by atoms with Crippen LogP contribution in [0.5, 0.6) is 0 Å². The molecule has 13 nitrogen and oxygen atoms in total. The van der Waals surface area contributed by atoms with Gasteiger partial charge in [0.15, 0.2) is 24.3 Å². The zero-order valence-corrected chi connectivity index (χ0v) is 36.9. The Labute approximate surface area is 345 Å². The van der Waals surface area contributed by atoms with E-state index in [-0.39, 0.29) is 18.6 Å². The maximum Gasteiger partial charge on any atom is 0.311 e. The maximum atomic E-state index is 14.5. The Morgan fingerprint density at radius 2 is 1.66 bits per heavy atom. The van der Waals surface area contributed by atoms with Gasteiger partial charge in [0, 0.05) is 40.0 Å². The molecule has 1 aromatic rings. The first kappa shape index (κ1) is 44.5. The summed E-state index contributed by atoms with van der Waals surface area (Å²) in [4.78, 5) is 21.4. The molecule has 6 rings (SSSR count). The lowest BCUT2D eigenvalue weighted by molar-refractivity contribution is -0.314. The smallest absolute Gasteiger partial charge is 0.311 e. The minimum Gasteiger partial charge on any atom is -0.479 e. The van der Waals surface area contributed by atoms with Crippen molar-refractivity contribution >= 4 is 12.0 Å². The van der Waals surface area contributed by atoms with E-state index in [0.717, 1.165) is 22.5 Å². The van der Waals surface area contributed by atoms with Crippen molar-refractivity contribution in [2.45, 2.75) is 180 Å². The van der Waals surface area contributed by atoms with Gasteiger partial charge in [-0.25, -0.2) is 4.99 Å². The molecule has 0 unspecified atom stereocenters. The van der Waals surface area contributed by atoms with Crippen molar-refractivity contribution in [2.75, 3.05) is 21.3 Å². The zero-order chi connectivity index (χ0) is 42.3. The number of fused-ring (bicyclic) bond motifs is 3. The molecule has 5 aliphatic rings. The first-order valence-electron chi connectivity index (χ1n) is 21.0. The molecule has 0 radical (unpaired) electrons. The lowest BCUT2D eigenvalue weighted by Crippen LogP contribution is -2.60. The monoisotopic (exact) mass is 812 g/mol. The van der Waals surface area contributed by atoms with Crippen molar-refractivity contribution in [3.63, 3.8) is 0 Å². The van der Waals surface area contributed by atoms with E-state index in [4.69, 9.17) is 47.6 Å². The number of carbonyl (C=O) groups excluding carboxylic acids is 1. The van der Waals surface area contributed by atoms with Crippen LogP contribution in [-0.4, -0.2) is 121 Å². The van der Waals surface area contributed by atoms with Crippen molar-refractivity contribution in [3.05, 3.63) is 58.9 Å². The highest BCUT2D eigenvalue weighted by Crippen LogP contribution is 2.45. The van der Waals surface area contributed by atoms with E-state index in [1.807, 2.05) is 92.8 Å². The number of carbonyl (C=O) groups is 1. The molecule has 13 heteroatoms. The normalized spacial score (nSPS) is 43.1. The van der Waals surface area contributed by atoms with Gasteiger partial charge in [-0.15, -0.1) is 0 Å². The number of ether oxygens (including phenoxy) is 9. The third kappa shape index (κ3) is 8.73. The van der Waals surface area contributed by atoms with E-state index in [2.05, 4.69) is 17.9 Å². The summed E-state index contributed by atoms with van der Waals surface area (Å²) in [6, 6.07) is 10.5. The van der Waals surface area contributed by atoms with Crippen LogP contribution < -0.4 is 0 Å². The summed E-state index contributed by atoms with van der Waals surface area (Å²) in [5.74, 6) is -1.02. The minimum absolute atomic E-state index is 0.0643. The van der Waals surface area contributed by atoms with Crippen LogP contribution in [-0.2, 0) is 54.0 Å². The molecule has 1 aromatic carbocycles. The molecule has 0 aliphatic carbocycles. The number of likely N-dealkylation sites (N-methyl/N-ethyl adjacent to an activating group) is 1. The molecule has 15 atom stereocenters. The number of nitrogens with zero attached hydrogens (tertiary/aromatic N) is 2. The van der Waals surface area contributed by atoms with Gasteiger partial charge in [0.25, 0.3) is 6.02 Å². The summed E-state index contributed by atoms with van der Waals surface area (Å²) in [6.07, 6.45) is -1.98. The standard InChI is InChI=1S/C45H68N2O11/c1-14-33-43(8)21-25(2)35(58-43)26(3)22-45(10,51-13)39(28(5)36(29(6)40(49)54-33)55-34-23-44(9,50-12)38(48)30(7)53-34)57-41-37-32(20-27(4)52-41)47(11)42(56-37)46-24-31-18-16-15-17-19-31/h15-19,21,27-30,32-34,36-39,41,48H,14,20,22-24H2,1-13H3/t27-,28+,29-,30+,32+,33-,34+,36+,37-,38+,39-,41+,43+,44-,45+/m1/s1. The van der Waals surface area contributed by atoms with E-state index in [1.54, 1.807) is 21.1 Å². The first-order valence-corrected chi connectivity index (χ1v) is 21.0. The molecule has 324 valence electrons. The average molecular weight is 813 g/mol. The van der Waals surface area contributed by atoms with Crippen LogP contribution >= 0.6 is 0 Å². The fourth-order valence-electron chi connectivity index (χ4n) is 9.78. The van der Waals surface area contributed by atoms with Crippen LogP contribution in [0.15, 0.2) is 58.3 Å². The lowest BCUT2D eigenvalue weighted by atomic mass is 9.78. The highest BCUT2D eigenvalue weighted by molar-refractivity contribution is 5.76. The van der Waals surface area contributed by atoms with E-state index in [1.165, 1.54) is 0 Å². The van der Waals surface area contributed by atoms with Gasteiger partial charge in [-0.05, 0) is 91.0 Å². The third-order valence-corrected chi connectivity index (χ3v) is 13.3. The maximum absolute atomic E-state index is 14.5. The third-order valence-electron chi connectivity index (χ3n) is 13.3. The number of methoxy groups -OCH3 is 2. The quantitative estimate of drug-likeness (QED) is 0.274. The lowest BCUT2D eigenvalue weighted by Gasteiger charge is -2.48. The van der Waals surface area contributed by atoms with E-state index in [0.29, 0.717) is 31.8 Å². The number of hydrogen-bond donors (Lipinski definition) is 1. The SMILES string of the molecule is CC[C@H]1OC(=O)[C@H](C)[C@@H](O[C@H]2C[C@@](C)(OC)[C@@H](O)[C@H](C)O2)[C@H](C)[C@@H](O[C@@H]2O[C@H](C)C[C@H]3[C@H]2OC(=NCc2ccccc2)N3C)[C@@](C)(OC)CC(C)=C2O[C@@]1(C)C=C2C. The van der Waals surface area contributed by atoms with Crippen molar-refractivity contribution in [2.24, 2.45) is 16.8 Å². The number of aliphatic hydroxyl groups excluding tert-OH is 1. The largest absolute Gasteiger partial charge is 0.479 e. The summed E-state index contributed by atoms with van der Waals surface area (Å²) < 4.78 is 59.3. The molecule has 58 heavy (non-hydrogen) atoms. The van der Waals surface area contributed by atoms with Crippen LogP contribution in [0.1, 0.15) is 100 Å². The Hall–Kier alpha value is -3.04. The summed E-state index contributed by atoms with van der Waals surface area (Å²) in [5, 5.41) is 11.1.